The minimum Gasteiger partial charge on any atom is -0.338 e. The van der Waals surface area contributed by atoms with Crippen LogP contribution in [-0.4, -0.2) is 31.9 Å². The lowest BCUT2D eigenvalue weighted by molar-refractivity contribution is 0.102. The number of benzene rings is 2. The van der Waals surface area contributed by atoms with Gasteiger partial charge < -0.3 is 16.0 Å². The third-order valence-corrected chi connectivity index (χ3v) is 5.97. The fourth-order valence-corrected chi connectivity index (χ4v) is 4.24. The summed E-state index contributed by atoms with van der Waals surface area (Å²) in [6.07, 6.45) is 1.50. The molecule has 3 aromatic rings. The number of hydrogen-bond acceptors (Lipinski definition) is 6. The Morgan fingerprint density at radius 1 is 1.03 bits per heavy atom. The second kappa shape index (κ2) is 9.37. The molecular weight excluding hydrogens is 426 g/mol. The Morgan fingerprint density at radius 3 is 2.37 bits per heavy atom. The molecule has 156 valence electrons. The Kier molecular flexibility index (Phi) is 6.65. The van der Waals surface area contributed by atoms with Gasteiger partial charge in [0.1, 0.15) is 0 Å². The van der Waals surface area contributed by atoms with Crippen molar-refractivity contribution < 1.29 is 18.0 Å². The highest BCUT2D eigenvalue weighted by Gasteiger charge is 2.16. The monoisotopic (exact) mass is 445 g/mol. The molecule has 0 unspecified atom stereocenters. The van der Waals surface area contributed by atoms with Crippen LogP contribution in [0.15, 0.2) is 65.0 Å². The molecule has 0 aliphatic carbocycles. The molecule has 0 atom stereocenters. The van der Waals surface area contributed by atoms with E-state index in [1.807, 2.05) is 6.92 Å². The van der Waals surface area contributed by atoms with Crippen molar-refractivity contribution in [1.82, 2.24) is 10.3 Å². The van der Waals surface area contributed by atoms with Gasteiger partial charge in [-0.05, 0) is 49.4 Å². The van der Waals surface area contributed by atoms with Crippen molar-refractivity contribution in [2.24, 2.45) is 0 Å². The first kappa shape index (κ1) is 21.3. The molecule has 9 nitrogen and oxygen atoms in total. The zero-order chi connectivity index (χ0) is 21.6. The van der Waals surface area contributed by atoms with Crippen molar-refractivity contribution in [2.45, 2.75) is 11.8 Å². The number of thiazole rings is 1. The molecule has 30 heavy (non-hydrogen) atoms. The fourth-order valence-electron chi connectivity index (χ4n) is 2.45. The van der Waals surface area contributed by atoms with Crippen LogP contribution >= 0.6 is 11.3 Å². The minimum atomic E-state index is -3.79. The summed E-state index contributed by atoms with van der Waals surface area (Å²) in [6, 6.07) is 11.9. The maximum Gasteiger partial charge on any atom is 0.319 e. The summed E-state index contributed by atoms with van der Waals surface area (Å²) >= 11 is 1.17. The molecule has 2 aromatic carbocycles. The zero-order valence-corrected chi connectivity index (χ0v) is 17.5. The van der Waals surface area contributed by atoms with Crippen molar-refractivity contribution in [2.75, 3.05) is 21.9 Å². The molecule has 11 heteroatoms. The number of carbonyl (C=O) groups excluding carboxylic acids is 2. The van der Waals surface area contributed by atoms with Crippen LogP contribution in [0.3, 0.4) is 0 Å². The van der Waals surface area contributed by atoms with Crippen molar-refractivity contribution in [3.05, 3.63) is 65.7 Å². The first-order chi connectivity index (χ1) is 14.4. The van der Waals surface area contributed by atoms with Gasteiger partial charge >= 0.3 is 6.03 Å². The normalized spacial score (nSPS) is 10.8. The molecule has 3 rings (SSSR count). The first-order valence-electron chi connectivity index (χ1n) is 8.86. The van der Waals surface area contributed by atoms with Crippen LogP contribution in [0, 0.1) is 0 Å². The Morgan fingerprint density at radius 2 is 1.73 bits per heavy atom. The third kappa shape index (κ3) is 5.55. The van der Waals surface area contributed by atoms with Gasteiger partial charge in [-0.25, -0.2) is 18.2 Å². The molecule has 0 aliphatic rings. The predicted octanol–water partition coefficient (Wildman–Crippen LogP) is 3.34. The van der Waals surface area contributed by atoms with Crippen LogP contribution in [0.2, 0.25) is 0 Å². The van der Waals surface area contributed by atoms with Gasteiger partial charge in [-0.3, -0.25) is 9.52 Å². The molecule has 3 amide bonds. The third-order valence-electron chi connectivity index (χ3n) is 3.80. The molecule has 1 heterocycles. The molecule has 0 aliphatic heterocycles. The average Bonchev–Trinajstić information content (AvgIpc) is 3.21. The highest BCUT2D eigenvalue weighted by atomic mass is 32.2. The number of aromatic nitrogens is 1. The van der Waals surface area contributed by atoms with Gasteiger partial charge in [0.15, 0.2) is 5.13 Å². The minimum absolute atomic E-state index is 0.0161. The van der Waals surface area contributed by atoms with Crippen molar-refractivity contribution in [3.63, 3.8) is 0 Å². The van der Waals surface area contributed by atoms with Gasteiger partial charge in [-0.2, -0.15) is 0 Å². The largest absolute Gasteiger partial charge is 0.338 e. The molecule has 4 N–H and O–H groups in total. The Balaban J connectivity index is 1.67. The second-order valence-corrected chi connectivity index (χ2v) is 8.56. The van der Waals surface area contributed by atoms with E-state index in [4.69, 9.17) is 0 Å². The van der Waals surface area contributed by atoms with E-state index in [0.29, 0.717) is 17.9 Å². The lowest BCUT2D eigenvalue weighted by Gasteiger charge is -2.10. The maximum atomic E-state index is 12.5. The summed E-state index contributed by atoms with van der Waals surface area (Å²) in [7, 11) is -3.79. The SMILES string of the molecule is CCNC(=O)Nc1cccc(NC(=O)c2ccc(S(=O)(=O)Nc3nccs3)cc2)c1. The van der Waals surface area contributed by atoms with Crippen molar-refractivity contribution in [3.8, 4) is 0 Å². The van der Waals surface area contributed by atoms with E-state index in [9.17, 15) is 18.0 Å². The van der Waals surface area contributed by atoms with Gasteiger partial charge in [0.25, 0.3) is 15.9 Å². The quantitative estimate of drug-likeness (QED) is 0.443. The van der Waals surface area contributed by atoms with Gasteiger partial charge in [-0.1, -0.05) is 6.07 Å². The Labute approximate surface area is 177 Å². The predicted molar refractivity (Wildman–Crippen MR) is 116 cm³/mol. The van der Waals surface area contributed by atoms with Gasteiger partial charge in [0.05, 0.1) is 4.90 Å². The average molecular weight is 446 g/mol. The molecule has 0 radical (unpaired) electrons. The molecule has 0 bridgehead atoms. The highest BCUT2D eigenvalue weighted by molar-refractivity contribution is 7.93. The topological polar surface area (TPSA) is 129 Å². The van der Waals surface area contributed by atoms with Crippen LogP contribution in [0.4, 0.5) is 21.3 Å². The standard InChI is InChI=1S/C19H19N5O4S2/c1-2-20-18(26)23-15-5-3-4-14(12-15)22-17(25)13-6-8-16(9-7-13)30(27,28)24-19-21-10-11-29-19/h3-12H,2H2,1H3,(H,21,24)(H,22,25)(H2,20,23,26). The second-order valence-electron chi connectivity index (χ2n) is 5.99. The summed E-state index contributed by atoms with van der Waals surface area (Å²) in [5, 5.41) is 9.91. The van der Waals surface area contributed by atoms with Crippen LogP contribution in [-0.2, 0) is 10.0 Å². The molecule has 0 saturated heterocycles. The van der Waals surface area contributed by atoms with Gasteiger partial charge in [-0.15, -0.1) is 11.3 Å². The molecule has 0 fully saturated rings. The Bertz CT molecular complexity index is 1130. The van der Waals surface area contributed by atoms with E-state index in [2.05, 4.69) is 25.7 Å². The summed E-state index contributed by atoms with van der Waals surface area (Å²) in [5.74, 6) is -0.415. The van der Waals surface area contributed by atoms with E-state index in [-0.39, 0.29) is 21.6 Å². The smallest absolute Gasteiger partial charge is 0.319 e. The summed E-state index contributed by atoms with van der Waals surface area (Å²) in [6.45, 7) is 2.30. The van der Waals surface area contributed by atoms with Crippen LogP contribution < -0.4 is 20.7 Å². The van der Waals surface area contributed by atoms with E-state index >= 15 is 0 Å². The number of anilines is 3. The van der Waals surface area contributed by atoms with E-state index < -0.39 is 15.9 Å². The van der Waals surface area contributed by atoms with Gasteiger partial charge in [0, 0.05) is 35.1 Å². The number of hydrogen-bond donors (Lipinski definition) is 4. The number of nitrogens with one attached hydrogen (secondary N) is 4. The highest BCUT2D eigenvalue weighted by Crippen LogP contribution is 2.19. The van der Waals surface area contributed by atoms with Crippen molar-refractivity contribution >= 4 is 49.8 Å². The van der Waals surface area contributed by atoms with Crippen LogP contribution in [0.1, 0.15) is 17.3 Å². The number of nitrogens with zero attached hydrogens (tertiary/aromatic N) is 1. The molecule has 1 aromatic heterocycles. The number of carbonyl (C=O) groups is 2. The summed E-state index contributed by atoms with van der Waals surface area (Å²) < 4.78 is 27.1. The molecule has 0 saturated carbocycles. The maximum absolute atomic E-state index is 12.5. The number of amides is 3. The van der Waals surface area contributed by atoms with Crippen molar-refractivity contribution in [1.29, 1.82) is 0 Å². The lowest BCUT2D eigenvalue weighted by atomic mass is 10.2. The molecular formula is C19H19N5O4S2. The summed E-state index contributed by atoms with van der Waals surface area (Å²) in [4.78, 5) is 28.0. The summed E-state index contributed by atoms with van der Waals surface area (Å²) in [5.41, 5.74) is 1.29. The molecule has 0 spiro atoms. The van der Waals surface area contributed by atoms with Gasteiger partial charge in [0.2, 0.25) is 0 Å². The van der Waals surface area contributed by atoms with Crippen LogP contribution in [0.5, 0.6) is 0 Å². The van der Waals surface area contributed by atoms with Crippen LogP contribution in [0.25, 0.3) is 0 Å². The lowest BCUT2D eigenvalue weighted by Crippen LogP contribution is -2.28. The fraction of sp³-hybridized carbons (Fsp3) is 0.105. The van der Waals surface area contributed by atoms with E-state index in [1.54, 1.807) is 29.6 Å². The number of urea groups is 1. The number of rotatable bonds is 7. The van der Waals surface area contributed by atoms with E-state index in [1.165, 1.54) is 41.8 Å². The van der Waals surface area contributed by atoms with E-state index in [0.717, 1.165) is 0 Å². The zero-order valence-electron chi connectivity index (χ0n) is 15.9. The first-order valence-corrected chi connectivity index (χ1v) is 11.2. The Hall–Kier alpha value is -3.44. The number of sulfonamides is 1.